The highest BCUT2D eigenvalue weighted by atomic mass is 79.9. The second-order valence-corrected chi connectivity index (χ2v) is 6.34. The Labute approximate surface area is 134 Å². The summed E-state index contributed by atoms with van der Waals surface area (Å²) in [5, 5.41) is 10.8. The summed E-state index contributed by atoms with van der Waals surface area (Å²) in [5.41, 5.74) is 3.85. The number of aromatic nitrogens is 2. The van der Waals surface area contributed by atoms with Gasteiger partial charge in [0.1, 0.15) is 11.0 Å². The average molecular weight is 447 g/mol. The van der Waals surface area contributed by atoms with Gasteiger partial charge in [0.25, 0.3) is 0 Å². The van der Waals surface area contributed by atoms with Crippen molar-refractivity contribution in [3.8, 4) is 5.75 Å². The first-order valence-electron chi connectivity index (χ1n) is 5.43. The van der Waals surface area contributed by atoms with Crippen LogP contribution in [0.25, 0.3) is 22.1 Å². The first-order chi connectivity index (χ1) is 9.10. The molecule has 1 aromatic heterocycles. The first-order valence-corrected chi connectivity index (χ1v) is 8.14. The molecule has 0 amide bonds. The van der Waals surface area contributed by atoms with Gasteiger partial charge in [0.15, 0.2) is 5.75 Å². The summed E-state index contributed by atoms with van der Waals surface area (Å²) in [6.07, 6.45) is 0. The van der Waals surface area contributed by atoms with E-state index >= 15 is 0 Å². The molecule has 0 fully saturated rings. The maximum absolute atomic E-state index is 10.1. The Morgan fingerprint density at radius 3 is 2.42 bits per heavy atom. The Hall–Kier alpha value is -0.720. The molecule has 96 valence electrons. The van der Waals surface area contributed by atoms with Gasteiger partial charge in [-0.3, -0.25) is 0 Å². The van der Waals surface area contributed by atoms with Gasteiger partial charge in [-0.05, 0) is 55.6 Å². The van der Waals surface area contributed by atoms with Crippen LogP contribution in [0.3, 0.4) is 0 Å². The topological polar surface area (TPSA) is 46.0 Å². The quantitative estimate of drug-likeness (QED) is 0.427. The van der Waals surface area contributed by atoms with Crippen LogP contribution in [0.4, 0.5) is 0 Å². The van der Waals surface area contributed by atoms with Crippen molar-refractivity contribution >= 4 is 69.9 Å². The molecule has 1 N–H and O–H groups in total. The van der Waals surface area contributed by atoms with Crippen LogP contribution in [0.1, 0.15) is 5.56 Å². The summed E-state index contributed by atoms with van der Waals surface area (Å²) in [6.45, 7) is 0. The van der Waals surface area contributed by atoms with E-state index in [0.717, 1.165) is 26.4 Å². The Kier molecular flexibility index (Phi) is 3.49. The zero-order valence-corrected chi connectivity index (χ0v) is 14.3. The van der Waals surface area contributed by atoms with E-state index in [0.29, 0.717) is 15.5 Å². The molecule has 0 spiro atoms. The average Bonchev–Trinajstić information content (AvgIpc) is 2.42. The number of phenolic OH excluding ortho intramolecular Hbond substituents is 1. The fourth-order valence-corrected chi connectivity index (χ4v) is 3.45. The van der Waals surface area contributed by atoms with Crippen molar-refractivity contribution in [2.45, 2.75) is 5.33 Å². The van der Waals surface area contributed by atoms with Crippen molar-refractivity contribution in [1.82, 2.24) is 9.97 Å². The van der Waals surface area contributed by atoms with Gasteiger partial charge in [-0.25, -0.2) is 9.97 Å². The summed E-state index contributed by atoms with van der Waals surface area (Å²) in [5.74, 6) is 0.108. The Balaban J connectivity index is 2.44. The molecule has 2 aromatic carbocycles. The molecule has 3 nitrogen and oxygen atoms in total. The summed E-state index contributed by atoms with van der Waals surface area (Å²) in [6, 6.07) is 7.66. The van der Waals surface area contributed by atoms with Crippen LogP contribution in [0.2, 0.25) is 0 Å². The molecule has 0 saturated carbocycles. The van der Waals surface area contributed by atoms with Gasteiger partial charge in [-0.15, -0.1) is 0 Å². The van der Waals surface area contributed by atoms with E-state index in [2.05, 4.69) is 57.8 Å². The van der Waals surface area contributed by atoms with Gasteiger partial charge in [-0.2, -0.15) is 0 Å². The molecule has 0 saturated heterocycles. The molecule has 0 aliphatic carbocycles. The minimum Gasteiger partial charge on any atom is -0.504 e. The van der Waals surface area contributed by atoms with Crippen LogP contribution in [0.15, 0.2) is 33.2 Å². The molecule has 3 rings (SSSR count). The molecule has 6 heteroatoms. The van der Waals surface area contributed by atoms with E-state index in [9.17, 15) is 5.11 Å². The normalized spacial score (nSPS) is 11.3. The number of fused-ring (bicyclic) bond motifs is 2. The molecule has 19 heavy (non-hydrogen) atoms. The summed E-state index contributed by atoms with van der Waals surface area (Å²) < 4.78 is 1.39. The number of halogens is 3. The Morgan fingerprint density at radius 2 is 1.68 bits per heavy atom. The summed E-state index contributed by atoms with van der Waals surface area (Å²) in [7, 11) is 0. The molecular weight excluding hydrogens is 440 g/mol. The molecule has 0 bridgehead atoms. The number of benzene rings is 2. The molecule has 3 aromatic rings. The van der Waals surface area contributed by atoms with Crippen LogP contribution >= 0.6 is 47.8 Å². The third-order valence-corrected chi connectivity index (χ3v) is 4.67. The maximum Gasteiger partial charge on any atom is 0.157 e. The van der Waals surface area contributed by atoms with Crippen molar-refractivity contribution in [2.24, 2.45) is 0 Å². The van der Waals surface area contributed by atoms with Crippen molar-refractivity contribution in [1.29, 1.82) is 0 Å². The lowest BCUT2D eigenvalue weighted by Crippen LogP contribution is -1.91. The highest BCUT2D eigenvalue weighted by Crippen LogP contribution is 2.36. The van der Waals surface area contributed by atoms with Crippen LogP contribution in [-0.2, 0) is 5.33 Å². The van der Waals surface area contributed by atoms with Crippen LogP contribution < -0.4 is 0 Å². The molecule has 0 aliphatic heterocycles. The maximum atomic E-state index is 10.1. The highest BCUT2D eigenvalue weighted by Gasteiger charge is 2.12. The van der Waals surface area contributed by atoms with Gasteiger partial charge in [0.05, 0.1) is 15.5 Å². The Bertz CT molecular complexity index is 805. The van der Waals surface area contributed by atoms with Crippen molar-refractivity contribution in [3.63, 3.8) is 0 Å². The van der Waals surface area contributed by atoms with E-state index in [1.54, 1.807) is 6.07 Å². The molecule has 1 heterocycles. The summed E-state index contributed by atoms with van der Waals surface area (Å²) in [4.78, 5) is 9.06. The highest BCUT2D eigenvalue weighted by molar-refractivity contribution is 9.11. The SMILES string of the molecule is Oc1c(Br)cc(Br)c2nc3cc(CBr)ccc3nc12. The number of rotatable bonds is 1. The second-order valence-electron chi connectivity index (χ2n) is 4.07. The molecule has 0 radical (unpaired) electrons. The third-order valence-electron chi connectivity index (χ3n) is 2.81. The number of hydrogen-bond donors (Lipinski definition) is 1. The second kappa shape index (κ2) is 5.00. The third kappa shape index (κ3) is 2.26. The smallest absolute Gasteiger partial charge is 0.157 e. The van der Waals surface area contributed by atoms with Crippen molar-refractivity contribution < 1.29 is 5.11 Å². The minimum absolute atomic E-state index is 0.108. The fraction of sp³-hybridized carbons (Fsp3) is 0.0769. The zero-order chi connectivity index (χ0) is 13.6. The van der Waals surface area contributed by atoms with Crippen molar-refractivity contribution in [3.05, 3.63) is 38.8 Å². The zero-order valence-electron chi connectivity index (χ0n) is 9.49. The van der Waals surface area contributed by atoms with Gasteiger partial charge in [0, 0.05) is 9.80 Å². The van der Waals surface area contributed by atoms with E-state index in [-0.39, 0.29) is 5.75 Å². The fourth-order valence-electron chi connectivity index (χ4n) is 1.88. The van der Waals surface area contributed by atoms with Gasteiger partial charge in [-0.1, -0.05) is 22.0 Å². The van der Waals surface area contributed by atoms with Crippen LogP contribution in [0, 0.1) is 0 Å². The lowest BCUT2D eigenvalue weighted by atomic mass is 10.2. The number of hydrogen-bond acceptors (Lipinski definition) is 3. The lowest BCUT2D eigenvalue weighted by molar-refractivity contribution is 0.477. The standard InChI is InChI=1S/C13H7Br3N2O/c14-5-6-1-2-9-10(3-6)18-11-7(15)4-8(16)13(19)12(11)17-9/h1-4,19H,5H2. The number of aromatic hydroxyl groups is 1. The van der Waals surface area contributed by atoms with Crippen molar-refractivity contribution in [2.75, 3.05) is 0 Å². The molecule has 0 atom stereocenters. The van der Waals surface area contributed by atoms with E-state index < -0.39 is 0 Å². The summed E-state index contributed by atoms with van der Waals surface area (Å²) >= 11 is 10.2. The first kappa shape index (κ1) is 13.3. The van der Waals surface area contributed by atoms with Crippen LogP contribution in [0.5, 0.6) is 5.75 Å². The lowest BCUT2D eigenvalue weighted by Gasteiger charge is -2.07. The van der Waals surface area contributed by atoms with Gasteiger partial charge < -0.3 is 5.11 Å². The minimum atomic E-state index is 0.108. The Morgan fingerprint density at radius 1 is 0.947 bits per heavy atom. The number of alkyl halides is 1. The van der Waals surface area contributed by atoms with Gasteiger partial charge >= 0.3 is 0 Å². The largest absolute Gasteiger partial charge is 0.504 e. The molecule has 0 unspecified atom stereocenters. The number of nitrogens with zero attached hydrogens (tertiary/aromatic N) is 2. The predicted octanol–water partition coefficient (Wildman–Crippen LogP) is 4.91. The van der Waals surface area contributed by atoms with E-state index in [4.69, 9.17) is 0 Å². The van der Waals surface area contributed by atoms with E-state index in [1.807, 2.05) is 18.2 Å². The molecular formula is C13H7Br3N2O. The van der Waals surface area contributed by atoms with Crippen LogP contribution in [-0.4, -0.2) is 15.1 Å². The molecule has 0 aliphatic rings. The van der Waals surface area contributed by atoms with E-state index in [1.165, 1.54) is 0 Å². The van der Waals surface area contributed by atoms with Gasteiger partial charge in [0.2, 0.25) is 0 Å². The predicted molar refractivity (Wildman–Crippen MR) is 86.7 cm³/mol. The monoisotopic (exact) mass is 444 g/mol. The number of phenols is 1.